The average Bonchev–Trinajstić information content (AvgIpc) is 2.94. The van der Waals surface area contributed by atoms with Crippen molar-refractivity contribution in [2.24, 2.45) is 0 Å². The Morgan fingerprint density at radius 1 is 0.967 bits per heavy atom. The summed E-state index contributed by atoms with van der Waals surface area (Å²) >= 11 is 0. The van der Waals surface area contributed by atoms with Crippen LogP contribution in [-0.2, 0) is 11.3 Å². The molecular weight excluding hydrogens is 378 g/mol. The number of aromatic nitrogens is 2. The molecule has 1 aliphatic rings. The molecule has 1 saturated heterocycles. The van der Waals surface area contributed by atoms with Gasteiger partial charge in [-0.25, -0.2) is 9.78 Å². The molecular formula is C24H27N3O3. The fraction of sp³-hybridized carbons (Fsp3) is 0.375. The van der Waals surface area contributed by atoms with Gasteiger partial charge in [-0.05, 0) is 55.7 Å². The monoisotopic (exact) mass is 405 g/mol. The summed E-state index contributed by atoms with van der Waals surface area (Å²) in [6.45, 7) is 4.26. The molecule has 0 N–H and O–H groups in total. The van der Waals surface area contributed by atoms with Crippen LogP contribution in [0.3, 0.4) is 0 Å². The topological polar surface area (TPSA) is 64.4 Å². The third-order valence-corrected chi connectivity index (χ3v) is 5.80. The van der Waals surface area contributed by atoms with Gasteiger partial charge in [-0.15, -0.1) is 0 Å². The van der Waals surface area contributed by atoms with Crippen molar-refractivity contribution in [2.45, 2.75) is 39.2 Å². The highest BCUT2D eigenvalue weighted by Gasteiger charge is 2.19. The first-order valence-corrected chi connectivity index (χ1v) is 10.5. The summed E-state index contributed by atoms with van der Waals surface area (Å²) in [5.41, 5.74) is 4.12. The van der Waals surface area contributed by atoms with Crippen molar-refractivity contribution in [1.82, 2.24) is 14.5 Å². The maximum atomic E-state index is 13.1. The number of amides is 1. The van der Waals surface area contributed by atoms with E-state index in [2.05, 4.69) is 9.55 Å². The van der Waals surface area contributed by atoms with E-state index in [1.807, 2.05) is 42.2 Å². The Balaban J connectivity index is 1.62. The first-order valence-electron chi connectivity index (χ1n) is 10.5. The second kappa shape index (κ2) is 8.69. The zero-order valence-corrected chi connectivity index (χ0v) is 17.6. The number of nitrogens with zero attached hydrogens (tertiary/aromatic N) is 3. The second-order valence-electron chi connectivity index (χ2n) is 7.84. The third-order valence-electron chi connectivity index (χ3n) is 5.80. The fourth-order valence-corrected chi connectivity index (χ4v) is 4.08. The van der Waals surface area contributed by atoms with Gasteiger partial charge >= 0.3 is 5.97 Å². The normalized spacial score (nSPS) is 14.5. The first kappa shape index (κ1) is 20.1. The van der Waals surface area contributed by atoms with Gasteiger partial charge in [0.1, 0.15) is 5.82 Å². The van der Waals surface area contributed by atoms with Gasteiger partial charge in [0.05, 0.1) is 23.7 Å². The van der Waals surface area contributed by atoms with Crippen LogP contribution in [0.5, 0.6) is 0 Å². The lowest BCUT2D eigenvalue weighted by Gasteiger charge is -2.20. The predicted octanol–water partition coefficient (Wildman–Crippen LogP) is 4.20. The third kappa shape index (κ3) is 4.08. The van der Waals surface area contributed by atoms with Crippen molar-refractivity contribution in [3.8, 4) is 0 Å². The molecule has 0 atom stereocenters. The van der Waals surface area contributed by atoms with Gasteiger partial charge in [0, 0.05) is 25.2 Å². The van der Waals surface area contributed by atoms with Crippen molar-refractivity contribution in [3.63, 3.8) is 0 Å². The molecule has 6 nitrogen and oxygen atoms in total. The van der Waals surface area contributed by atoms with Crippen LogP contribution < -0.4 is 0 Å². The smallest absolute Gasteiger partial charge is 0.337 e. The largest absolute Gasteiger partial charge is 0.465 e. The van der Waals surface area contributed by atoms with Crippen molar-refractivity contribution in [1.29, 1.82) is 0 Å². The second-order valence-corrected chi connectivity index (χ2v) is 7.84. The molecule has 4 rings (SSSR count). The summed E-state index contributed by atoms with van der Waals surface area (Å²) in [5.74, 6) is 0.649. The Bertz CT molecular complexity index is 1060. The van der Waals surface area contributed by atoms with Gasteiger partial charge < -0.3 is 14.2 Å². The van der Waals surface area contributed by atoms with Crippen LogP contribution in [0.15, 0.2) is 42.5 Å². The molecule has 0 radical (unpaired) electrons. The zero-order chi connectivity index (χ0) is 21.1. The Morgan fingerprint density at radius 2 is 1.63 bits per heavy atom. The molecule has 156 valence electrons. The Hall–Kier alpha value is -3.15. The summed E-state index contributed by atoms with van der Waals surface area (Å²) in [7, 11) is 1.38. The number of rotatable bonds is 4. The van der Waals surface area contributed by atoms with Crippen LogP contribution in [-0.4, -0.2) is 46.5 Å². The number of carbonyl (C=O) groups excluding carboxylic acids is 2. The number of carbonyl (C=O) groups is 2. The van der Waals surface area contributed by atoms with Gasteiger partial charge in [-0.1, -0.05) is 25.0 Å². The lowest BCUT2D eigenvalue weighted by molar-refractivity contribution is 0.0600. The van der Waals surface area contributed by atoms with Crippen molar-refractivity contribution in [3.05, 3.63) is 65.0 Å². The maximum absolute atomic E-state index is 13.1. The summed E-state index contributed by atoms with van der Waals surface area (Å²) in [4.78, 5) is 31.3. The van der Waals surface area contributed by atoms with Crippen LogP contribution in [0.4, 0.5) is 0 Å². The highest BCUT2D eigenvalue weighted by molar-refractivity contribution is 5.97. The molecule has 0 spiro atoms. The van der Waals surface area contributed by atoms with E-state index in [0.29, 0.717) is 17.7 Å². The molecule has 0 bridgehead atoms. The SMILES string of the molecule is COC(=O)c1ccc(Cn2c(C)nc3ccc(C(=O)N4CCCCCC4)cc32)cc1. The van der Waals surface area contributed by atoms with Crippen molar-refractivity contribution in [2.75, 3.05) is 20.2 Å². The minimum Gasteiger partial charge on any atom is -0.465 e. The molecule has 1 aliphatic heterocycles. The molecule has 6 heteroatoms. The lowest BCUT2D eigenvalue weighted by atomic mass is 10.1. The van der Waals surface area contributed by atoms with E-state index in [0.717, 1.165) is 48.4 Å². The average molecular weight is 405 g/mol. The van der Waals surface area contributed by atoms with E-state index in [1.54, 1.807) is 12.1 Å². The minimum atomic E-state index is -0.345. The van der Waals surface area contributed by atoms with E-state index < -0.39 is 0 Å². The molecule has 0 unspecified atom stereocenters. The quantitative estimate of drug-likeness (QED) is 0.611. The molecule has 0 saturated carbocycles. The van der Waals surface area contributed by atoms with Gasteiger partial charge in [-0.3, -0.25) is 4.79 Å². The summed E-state index contributed by atoms with van der Waals surface area (Å²) in [6, 6.07) is 13.2. The van der Waals surface area contributed by atoms with Crippen LogP contribution in [0.1, 0.15) is 57.8 Å². The van der Waals surface area contributed by atoms with Crippen LogP contribution in [0.2, 0.25) is 0 Å². The van der Waals surface area contributed by atoms with Gasteiger partial charge in [0.15, 0.2) is 0 Å². The number of ether oxygens (including phenoxy) is 1. The van der Waals surface area contributed by atoms with Crippen LogP contribution >= 0.6 is 0 Å². The zero-order valence-electron chi connectivity index (χ0n) is 17.6. The lowest BCUT2D eigenvalue weighted by Crippen LogP contribution is -2.31. The molecule has 30 heavy (non-hydrogen) atoms. The summed E-state index contributed by atoms with van der Waals surface area (Å²) in [5, 5.41) is 0. The van der Waals surface area contributed by atoms with Crippen molar-refractivity contribution >= 4 is 22.9 Å². The summed E-state index contributed by atoms with van der Waals surface area (Å²) < 4.78 is 6.87. The number of hydrogen-bond donors (Lipinski definition) is 0. The standard InChI is InChI=1S/C24H27N3O3/c1-17-25-21-12-11-20(23(28)26-13-5-3-4-6-14-26)15-22(21)27(17)16-18-7-9-19(10-8-18)24(29)30-2/h7-12,15H,3-6,13-14,16H2,1-2H3. The van der Waals surface area contributed by atoms with Gasteiger partial charge in [0.2, 0.25) is 0 Å². The van der Waals surface area contributed by atoms with E-state index in [4.69, 9.17) is 4.74 Å². The number of esters is 1. The number of methoxy groups -OCH3 is 1. The number of hydrogen-bond acceptors (Lipinski definition) is 4. The Kier molecular flexibility index (Phi) is 5.84. The highest BCUT2D eigenvalue weighted by atomic mass is 16.5. The molecule has 3 aromatic rings. The minimum absolute atomic E-state index is 0.103. The van der Waals surface area contributed by atoms with E-state index in [-0.39, 0.29) is 11.9 Å². The fourth-order valence-electron chi connectivity index (χ4n) is 4.08. The number of benzene rings is 2. The van der Waals surface area contributed by atoms with E-state index in [1.165, 1.54) is 20.0 Å². The maximum Gasteiger partial charge on any atom is 0.337 e. The molecule has 0 aliphatic carbocycles. The highest BCUT2D eigenvalue weighted by Crippen LogP contribution is 2.22. The number of fused-ring (bicyclic) bond motifs is 1. The van der Waals surface area contributed by atoms with Crippen LogP contribution in [0, 0.1) is 6.92 Å². The van der Waals surface area contributed by atoms with Crippen LogP contribution in [0.25, 0.3) is 11.0 Å². The Labute approximate surface area is 176 Å². The van der Waals surface area contributed by atoms with E-state index in [9.17, 15) is 9.59 Å². The number of likely N-dealkylation sites (tertiary alicyclic amines) is 1. The van der Waals surface area contributed by atoms with Crippen molar-refractivity contribution < 1.29 is 14.3 Å². The molecule has 2 aromatic carbocycles. The number of aryl methyl sites for hydroxylation is 1. The van der Waals surface area contributed by atoms with Gasteiger partial charge in [0.25, 0.3) is 5.91 Å². The van der Waals surface area contributed by atoms with Gasteiger partial charge in [-0.2, -0.15) is 0 Å². The number of imidazole rings is 1. The molecule has 1 amide bonds. The Morgan fingerprint density at radius 3 is 2.30 bits per heavy atom. The molecule has 1 fully saturated rings. The van der Waals surface area contributed by atoms with E-state index >= 15 is 0 Å². The molecule has 2 heterocycles. The first-order chi connectivity index (χ1) is 14.6. The summed E-state index contributed by atoms with van der Waals surface area (Å²) in [6.07, 6.45) is 4.55. The predicted molar refractivity (Wildman–Crippen MR) is 116 cm³/mol. The molecule has 1 aromatic heterocycles.